The minimum absolute atomic E-state index is 0.00584. The van der Waals surface area contributed by atoms with Gasteiger partial charge < -0.3 is 9.15 Å². The summed E-state index contributed by atoms with van der Waals surface area (Å²) in [4.78, 5) is 26.9. The lowest BCUT2D eigenvalue weighted by atomic mass is 9.80. The zero-order valence-corrected chi connectivity index (χ0v) is 18.4. The molecule has 0 saturated carbocycles. The van der Waals surface area contributed by atoms with Gasteiger partial charge in [0, 0.05) is 24.8 Å². The van der Waals surface area contributed by atoms with Crippen molar-refractivity contribution in [2.45, 2.75) is 25.2 Å². The van der Waals surface area contributed by atoms with Crippen molar-refractivity contribution in [2.24, 2.45) is 0 Å². The normalized spacial score (nSPS) is 15.2. The molecule has 4 aromatic rings. The molecule has 1 atom stereocenters. The van der Waals surface area contributed by atoms with Gasteiger partial charge in [-0.05, 0) is 29.2 Å². The van der Waals surface area contributed by atoms with Crippen LogP contribution in [-0.4, -0.2) is 18.7 Å². The Bertz CT molecular complexity index is 1280. The molecule has 1 aliphatic rings. The van der Waals surface area contributed by atoms with Gasteiger partial charge in [0.1, 0.15) is 17.3 Å². The second-order valence-corrected chi connectivity index (χ2v) is 8.36. The van der Waals surface area contributed by atoms with Crippen LogP contribution in [0.15, 0.2) is 89.3 Å². The van der Waals surface area contributed by atoms with Crippen molar-refractivity contribution in [2.75, 3.05) is 7.11 Å². The zero-order valence-electron chi connectivity index (χ0n) is 18.4. The van der Waals surface area contributed by atoms with Crippen molar-refractivity contribution in [3.05, 3.63) is 124 Å². The highest BCUT2D eigenvalue weighted by molar-refractivity contribution is 6.17. The third-order valence-corrected chi connectivity index (χ3v) is 6.25. The Kier molecular flexibility index (Phi) is 5.66. The molecule has 164 valence electrons. The first-order valence-corrected chi connectivity index (χ1v) is 11.1. The number of hydrogen-bond acceptors (Lipinski definition) is 4. The van der Waals surface area contributed by atoms with Gasteiger partial charge in [-0.15, -0.1) is 0 Å². The first-order chi connectivity index (χ1) is 16.1. The minimum atomic E-state index is -0.164. The lowest BCUT2D eigenvalue weighted by Gasteiger charge is -2.21. The molecule has 5 rings (SSSR count). The molecular formula is C29H24O4. The Balaban J connectivity index is 1.56. The molecule has 4 nitrogen and oxygen atoms in total. The fraction of sp³-hybridized carbons (Fsp3) is 0.172. The molecule has 3 aromatic carbocycles. The maximum Gasteiger partial charge on any atom is 0.197 e. The largest absolute Gasteiger partial charge is 0.497 e. The fourth-order valence-electron chi connectivity index (χ4n) is 4.58. The fourth-order valence-corrected chi connectivity index (χ4v) is 4.58. The number of carbonyl (C=O) groups is 2. The number of fused-ring (bicyclic) bond motifs is 1. The number of ether oxygens (including phenoxy) is 1. The molecular weight excluding hydrogens is 412 g/mol. The van der Waals surface area contributed by atoms with Crippen LogP contribution in [0.25, 0.3) is 0 Å². The van der Waals surface area contributed by atoms with Crippen LogP contribution in [0.4, 0.5) is 0 Å². The summed E-state index contributed by atoms with van der Waals surface area (Å²) in [6.07, 6.45) is 1.39. The van der Waals surface area contributed by atoms with E-state index in [1.54, 1.807) is 19.2 Å². The molecule has 1 heterocycles. The maximum absolute atomic E-state index is 13.5. The summed E-state index contributed by atoms with van der Waals surface area (Å²) in [6.45, 7) is 0. The Morgan fingerprint density at radius 1 is 0.909 bits per heavy atom. The third kappa shape index (κ3) is 4.12. The van der Waals surface area contributed by atoms with E-state index in [-0.39, 0.29) is 17.5 Å². The van der Waals surface area contributed by atoms with Crippen LogP contribution in [0.5, 0.6) is 5.75 Å². The van der Waals surface area contributed by atoms with E-state index < -0.39 is 0 Å². The van der Waals surface area contributed by atoms with Crippen LogP contribution >= 0.6 is 0 Å². The molecule has 1 aromatic heterocycles. The van der Waals surface area contributed by atoms with E-state index in [1.165, 1.54) is 0 Å². The number of rotatable bonds is 6. The van der Waals surface area contributed by atoms with E-state index in [0.29, 0.717) is 47.5 Å². The van der Waals surface area contributed by atoms with Gasteiger partial charge >= 0.3 is 0 Å². The summed E-state index contributed by atoms with van der Waals surface area (Å²) in [5.41, 5.74) is 3.52. The van der Waals surface area contributed by atoms with E-state index in [2.05, 4.69) is 0 Å². The molecule has 1 unspecified atom stereocenters. The van der Waals surface area contributed by atoms with E-state index in [4.69, 9.17) is 9.15 Å². The zero-order chi connectivity index (χ0) is 22.8. The van der Waals surface area contributed by atoms with E-state index >= 15 is 0 Å². The summed E-state index contributed by atoms with van der Waals surface area (Å²) in [6, 6.07) is 26.8. The van der Waals surface area contributed by atoms with E-state index in [9.17, 15) is 9.59 Å². The smallest absolute Gasteiger partial charge is 0.197 e. The second-order valence-electron chi connectivity index (χ2n) is 8.36. The van der Waals surface area contributed by atoms with Crippen molar-refractivity contribution in [3.8, 4) is 5.75 Å². The Morgan fingerprint density at radius 2 is 1.58 bits per heavy atom. The van der Waals surface area contributed by atoms with E-state index in [1.807, 2.05) is 72.8 Å². The number of carbonyl (C=O) groups excluding carboxylic acids is 2. The summed E-state index contributed by atoms with van der Waals surface area (Å²) in [5.74, 6) is 1.75. The number of ketones is 2. The van der Waals surface area contributed by atoms with Crippen LogP contribution in [0.2, 0.25) is 0 Å². The number of methoxy groups -OCH3 is 1. The quantitative estimate of drug-likeness (QED) is 0.347. The molecule has 33 heavy (non-hydrogen) atoms. The van der Waals surface area contributed by atoms with Gasteiger partial charge in [0.2, 0.25) is 0 Å². The maximum atomic E-state index is 13.5. The van der Waals surface area contributed by atoms with Gasteiger partial charge in [0.25, 0.3) is 0 Å². The van der Waals surface area contributed by atoms with Gasteiger partial charge in [-0.1, -0.05) is 72.8 Å². The van der Waals surface area contributed by atoms with Crippen LogP contribution < -0.4 is 4.74 Å². The topological polar surface area (TPSA) is 56.5 Å². The molecule has 0 amide bonds. The Hall–Kier alpha value is -3.92. The van der Waals surface area contributed by atoms with Crippen molar-refractivity contribution < 1.29 is 18.7 Å². The third-order valence-electron chi connectivity index (χ3n) is 6.25. The minimum Gasteiger partial charge on any atom is -0.497 e. The molecule has 0 bridgehead atoms. The van der Waals surface area contributed by atoms with Gasteiger partial charge in [-0.3, -0.25) is 9.59 Å². The predicted octanol–water partition coefficient (Wildman–Crippen LogP) is 6.02. The molecule has 0 saturated heterocycles. The standard InChI is InChI=1S/C29H24O4/c1-32-23-14-12-20(13-15-23)22-17-24(30)27-26(18-22)33-25(16-19-8-4-2-5-9-19)28(27)29(31)21-10-6-3-7-11-21/h2-15,22H,16-18H2,1H3. The molecule has 0 aliphatic heterocycles. The summed E-state index contributed by atoms with van der Waals surface area (Å²) < 4.78 is 11.5. The van der Waals surface area contributed by atoms with Gasteiger partial charge in [0.15, 0.2) is 11.6 Å². The van der Waals surface area contributed by atoms with Gasteiger partial charge in [0.05, 0.1) is 18.2 Å². The molecule has 0 fully saturated rings. The molecule has 0 N–H and O–H groups in total. The Morgan fingerprint density at radius 3 is 2.24 bits per heavy atom. The SMILES string of the molecule is COc1ccc(C2CC(=O)c3c(oc(Cc4ccccc4)c3C(=O)c3ccccc3)C2)cc1. The summed E-state index contributed by atoms with van der Waals surface area (Å²) in [7, 11) is 1.63. The van der Waals surface area contributed by atoms with Crippen molar-refractivity contribution in [3.63, 3.8) is 0 Å². The average molecular weight is 437 g/mol. The number of hydrogen-bond donors (Lipinski definition) is 0. The van der Waals surface area contributed by atoms with Crippen molar-refractivity contribution >= 4 is 11.6 Å². The highest BCUT2D eigenvalue weighted by Gasteiger charge is 2.36. The number of benzene rings is 3. The first-order valence-electron chi connectivity index (χ1n) is 11.1. The number of furan rings is 1. The Labute approximate surface area is 192 Å². The lowest BCUT2D eigenvalue weighted by Crippen LogP contribution is -2.20. The van der Waals surface area contributed by atoms with Gasteiger partial charge in [-0.25, -0.2) is 0 Å². The van der Waals surface area contributed by atoms with Crippen molar-refractivity contribution in [1.29, 1.82) is 0 Å². The molecule has 4 heteroatoms. The highest BCUT2D eigenvalue weighted by Crippen LogP contribution is 2.39. The van der Waals surface area contributed by atoms with Crippen molar-refractivity contribution in [1.82, 2.24) is 0 Å². The second kappa shape index (κ2) is 8.91. The van der Waals surface area contributed by atoms with Crippen LogP contribution in [-0.2, 0) is 12.8 Å². The predicted molar refractivity (Wildman–Crippen MR) is 126 cm³/mol. The molecule has 1 aliphatic carbocycles. The average Bonchev–Trinajstić information content (AvgIpc) is 3.23. The lowest BCUT2D eigenvalue weighted by molar-refractivity contribution is 0.0949. The highest BCUT2D eigenvalue weighted by atomic mass is 16.5. The van der Waals surface area contributed by atoms with Crippen LogP contribution in [0.1, 0.15) is 61.3 Å². The van der Waals surface area contributed by atoms with Crippen LogP contribution in [0, 0.1) is 0 Å². The molecule has 0 radical (unpaired) electrons. The summed E-state index contributed by atoms with van der Waals surface area (Å²) in [5, 5.41) is 0. The van der Waals surface area contributed by atoms with E-state index in [0.717, 1.165) is 16.9 Å². The summed E-state index contributed by atoms with van der Waals surface area (Å²) >= 11 is 0. The number of Topliss-reactive ketones (excluding diaryl/α,β-unsaturated/α-hetero) is 1. The van der Waals surface area contributed by atoms with Crippen LogP contribution in [0.3, 0.4) is 0 Å². The first kappa shape index (κ1) is 21.0. The monoisotopic (exact) mass is 436 g/mol. The molecule has 0 spiro atoms. The van der Waals surface area contributed by atoms with Gasteiger partial charge in [-0.2, -0.15) is 0 Å².